The quantitative estimate of drug-likeness (QED) is 0.570. The monoisotopic (exact) mass is 389 g/mol. The molecule has 0 aromatic carbocycles. The Bertz CT molecular complexity index is 662. The molecule has 28 heavy (non-hydrogen) atoms. The number of ether oxygens (including phenoxy) is 1. The molecule has 3 nitrogen and oxygen atoms in total. The first kappa shape index (κ1) is 19.1. The zero-order valence-corrected chi connectivity index (χ0v) is 18.3. The van der Waals surface area contributed by atoms with Crippen molar-refractivity contribution in [1.29, 1.82) is 0 Å². The highest BCUT2D eigenvalue weighted by Gasteiger charge is 2.60. The maximum atomic E-state index is 12.2. The summed E-state index contributed by atoms with van der Waals surface area (Å²) in [4.78, 5) is 23.8. The van der Waals surface area contributed by atoms with Gasteiger partial charge in [-0.2, -0.15) is 0 Å². The number of methoxy groups -OCH3 is 1. The molecule has 0 aliphatic heterocycles. The van der Waals surface area contributed by atoms with Crippen molar-refractivity contribution in [3.8, 4) is 0 Å². The molecule has 4 rings (SSSR count). The van der Waals surface area contributed by atoms with Crippen LogP contribution in [-0.4, -0.2) is 18.9 Å². The van der Waals surface area contributed by atoms with Gasteiger partial charge >= 0.3 is 5.97 Å². The van der Waals surface area contributed by atoms with Crippen molar-refractivity contribution in [1.82, 2.24) is 0 Å². The molecule has 0 saturated heterocycles. The van der Waals surface area contributed by atoms with Crippen molar-refractivity contribution in [3.05, 3.63) is 0 Å². The minimum atomic E-state index is -0.206. The van der Waals surface area contributed by atoms with E-state index in [1.165, 1.54) is 39.2 Å². The van der Waals surface area contributed by atoms with Crippen molar-refractivity contribution in [2.75, 3.05) is 7.11 Å². The molecule has 0 N–H and O–H groups in total. The van der Waals surface area contributed by atoms with E-state index in [0.717, 1.165) is 31.1 Å². The lowest BCUT2D eigenvalue weighted by Crippen LogP contribution is -2.53. The summed E-state index contributed by atoms with van der Waals surface area (Å²) < 4.78 is 13.7. The van der Waals surface area contributed by atoms with Crippen molar-refractivity contribution in [3.63, 3.8) is 0 Å². The molecule has 0 bridgehead atoms. The number of carbonyl (C=O) groups excluding carboxylic acids is 2. The van der Waals surface area contributed by atoms with Gasteiger partial charge in [-0.25, -0.2) is 0 Å². The van der Waals surface area contributed by atoms with Gasteiger partial charge in [-0.3, -0.25) is 9.59 Å². The van der Waals surface area contributed by atoms with Crippen LogP contribution in [-0.2, 0) is 14.3 Å². The average molecular weight is 390 g/mol. The predicted octanol–water partition coefficient (Wildman–Crippen LogP) is 5.80. The summed E-state index contributed by atoms with van der Waals surface area (Å²) in [5.74, 6) is 4.05. The summed E-state index contributed by atoms with van der Waals surface area (Å²) in [5.41, 5.74) is 0.411. The summed E-state index contributed by atoms with van der Waals surface area (Å²) in [7, 11) is 1.48. The molecular formula is C25H40O3. The van der Waals surface area contributed by atoms with Gasteiger partial charge < -0.3 is 4.74 Å². The smallest absolute Gasteiger partial charge is 0.305 e. The zero-order valence-electron chi connectivity index (χ0n) is 19.3. The summed E-state index contributed by atoms with van der Waals surface area (Å²) in [6.07, 6.45) is 9.96. The maximum Gasteiger partial charge on any atom is 0.305 e. The number of hydrogen-bond donors (Lipinski definition) is 0. The van der Waals surface area contributed by atoms with Crippen LogP contribution in [0.25, 0.3) is 0 Å². The normalized spacial score (nSPS) is 49.4. The van der Waals surface area contributed by atoms with Crippen LogP contribution in [0.4, 0.5) is 0 Å². The van der Waals surface area contributed by atoms with Gasteiger partial charge in [0, 0.05) is 20.6 Å². The van der Waals surface area contributed by atoms with Crippen LogP contribution in [0.5, 0.6) is 0 Å². The molecule has 4 fully saturated rings. The number of rotatable bonds is 4. The summed E-state index contributed by atoms with van der Waals surface area (Å²) in [6, 6.07) is 0. The van der Waals surface area contributed by atoms with Crippen LogP contribution in [0.2, 0.25) is 0 Å². The second-order valence-electron chi connectivity index (χ2n) is 11.0. The Morgan fingerprint density at radius 1 is 1.18 bits per heavy atom. The third kappa shape index (κ3) is 3.16. The fraction of sp³-hybridized carbons (Fsp3) is 0.920. The summed E-state index contributed by atoms with van der Waals surface area (Å²) in [6.45, 7) is 7.25. The Labute approximate surface area is 172 Å². The zero-order chi connectivity index (χ0) is 21.0. The lowest BCUT2D eigenvalue weighted by Gasteiger charge is -2.60. The molecule has 0 amide bonds. The third-order valence-corrected chi connectivity index (χ3v) is 10.00. The van der Waals surface area contributed by atoms with Crippen LogP contribution in [0.1, 0.15) is 92.7 Å². The predicted molar refractivity (Wildman–Crippen MR) is 111 cm³/mol. The minimum absolute atomic E-state index is 0.0345. The van der Waals surface area contributed by atoms with Gasteiger partial charge in [-0.1, -0.05) is 20.8 Å². The van der Waals surface area contributed by atoms with Gasteiger partial charge in [0.15, 0.2) is 0 Å². The number of Topliss-reactive ketones (excluding diaryl/α,β-unsaturated/α-hetero) is 1. The standard InChI is InChI=1S/C25H40O3/c1-16(5-10-23(27)28-4)20-8-9-21-19-7-6-17-15-18(26)11-13-24(17,2)22(19)12-14-25(20,21)3/h16-17,19-22H,5-15H2,1-4H3/t16-,17?,19+,20-,21+,22+,24+,25-/m1/s1/i13D/t13-,16+,17?,19-,20+,21-,22-,24-,25+/m0. The van der Waals surface area contributed by atoms with Gasteiger partial charge in [0.25, 0.3) is 0 Å². The Morgan fingerprint density at radius 3 is 2.68 bits per heavy atom. The number of hydrogen-bond acceptors (Lipinski definition) is 3. The molecule has 0 radical (unpaired) electrons. The Kier molecular flexibility index (Phi) is 5.08. The average Bonchev–Trinajstić information content (AvgIpc) is 3.04. The number of ketones is 1. The lowest BCUT2D eigenvalue weighted by atomic mass is 9.44. The van der Waals surface area contributed by atoms with E-state index < -0.39 is 0 Å². The van der Waals surface area contributed by atoms with E-state index in [4.69, 9.17) is 6.11 Å². The number of fused-ring (bicyclic) bond motifs is 5. The molecule has 0 aromatic heterocycles. The minimum Gasteiger partial charge on any atom is -0.469 e. The molecule has 3 heteroatoms. The Balaban J connectivity index is 1.52. The fourth-order valence-corrected chi connectivity index (χ4v) is 8.43. The van der Waals surface area contributed by atoms with E-state index >= 15 is 0 Å². The lowest BCUT2D eigenvalue weighted by molar-refractivity contribution is -0.141. The van der Waals surface area contributed by atoms with E-state index in [1.54, 1.807) is 0 Å². The number of esters is 1. The van der Waals surface area contributed by atoms with E-state index in [2.05, 4.69) is 20.8 Å². The van der Waals surface area contributed by atoms with Crippen molar-refractivity contribution < 1.29 is 15.7 Å². The molecule has 0 aromatic rings. The van der Waals surface area contributed by atoms with Crippen LogP contribution in [0.3, 0.4) is 0 Å². The first-order chi connectivity index (χ1) is 13.7. The van der Waals surface area contributed by atoms with Gasteiger partial charge in [0.1, 0.15) is 5.78 Å². The SMILES string of the molecule is [2H][C@H]1CC(=O)CC2CC[C@H]3[C@@H]4CC[C@H]([C@H](C)CCC(=O)OC)[C@@]4(C)CC[C@@H]3[C@]21C. The molecule has 4 aliphatic rings. The number of carbonyl (C=O) groups is 2. The highest BCUT2D eigenvalue weighted by atomic mass is 16.5. The molecule has 158 valence electrons. The second-order valence-corrected chi connectivity index (χ2v) is 11.0. The van der Waals surface area contributed by atoms with Crippen molar-refractivity contribution in [2.45, 2.75) is 91.4 Å². The summed E-state index contributed by atoms with van der Waals surface area (Å²) in [5, 5.41) is 0. The second kappa shape index (κ2) is 7.43. The maximum absolute atomic E-state index is 12.2. The summed E-state index contributed by atoms with van der Waals surface area (Å²) >= 11 is 0. The third-order valence-electron chi connectivity index (χ3n) is 10.00. The molecule has 4 aliphatic carbocycles. The largest absolute Gasteiger partial charge is 0.469 e. The molecule has 9 atom stereocenters. The Hall–Kier alpha value is -0.860. The Morgan fingerprint density at radius 2 is 1.93 bits per heavy atom. The van der Waals surface area contributed by atoms with Gasteiger partial charge in [-0.15, -0.1) is 0 Å². The van der Waals surface area contributed by atoms with Gasteiger partial charge in [0.2, 0.25) is 0 Å². The van der Waals surface area contributed by atoms with Crippen LogP contribution in [0, 0.1) is 46.3 Å². The van der Waals surface area contributed by atoms with E-state index in [1.807, 2.05) is 0 Å². The first-order valence-electron chi connectivity index (χ1n) is 12.3. The van der Waals surface area contributed by atoms with Crippen LogP contribution < -0.4 is 0 Å². The van der Waals surface area contributed by atoms with Crippen molar-refractivity contribution >= 4 is 11.8 Å². The molecule has 0 heterocycles. The highest BCUT2D eigenvalue weighted by Crippen LogP contribution is 2.68. The van der Waals surface area contributed by atoms with Crippen LogP contribution in [0.15, 0.2) is 0 Å². The molecule has 1 unspecified atom stereocenters. The molecule has 4 saturated carbocycles. The van der Waals surface area contributed by atoms with Gasteiger partial charge in [-0.05, 0) is 97.7 Å². The fourth-order valence-electron chi connectivity index (χ4n) is 8.43. The first-order valence-corrected chi connectivity index (χ1v) is 11.7. The molecule has 0 spiro atoms. The van der Waals surface area contributed by atoms with E-state index in [-0.39, 0.29) is 17.8 Å². The highest BCUT2D eigenvalue weighted by molar-refractivity contribution is 5.79. The van der Waals surface area contributed by atoms with Gasteiger partial charge in [0.05, 0.1) is 7.11 Å². The molecular weight excluding hydrogens is 348 g/mol. The topological polar surface area (TPSA) is 43.4 Å². The van der Waals surface area contributed by atoms with Crippen molar-refractivity contribution in [2.24, 2.45) is 46.3 Å². The van der Waals surface area contributed by atoms with Crippen LogP contribution >= 0.6 is 0 Å². The van der Waals surface area contributed by atoms with E-state index in [0.29, 0.717) is 47.7 Å². The van der Waals surface area contributed by atoms with E-state index in [9.17, 15) is 9.59 Å².